The molecule has 1 saturated heterocycles. The first-order chi connectivity index (χ1) is 14.2. The first-order valence-electron chi connectivity index (χ1n) is 8.89. The number of nitrogens with zero attached hydrogens (tertiary/aromatic N) is 3. The lowest BCUT2D eigenvalue weighted by molar-refractivity contribution is -0.192. The molecule has 30 heavy (non-hydrogen) atoms. The zero-order valence-electron chi connectivity index (χ0n) is 15.5. The Hall–Kier alpha value is -2.51. The van der Waals surface area contributed by atoms with Crippen molar-refractivity contribution < 1.29 is 27.9 Å². The minimum atomic E-state index is -5.08. The molecule has 0 radical (unpaired) electrons. The smallest absolute Gasteiger partial charge is 0.475 e. The van der Waals surface area contributed by atoms with Crippen molar-refractivity contribution >= 4 is 39.5 Å². The number of halogens is 3. The lowest BCUT2D eigenvalue weighted by Crippen LogP contribution is -2.27. The number of hydrogen-bond donors (Lipinski definition) is 3. The molecule has 1 amide bonds. The molecule has 1 fully saturated rings. The van der Waals surface area contributed by atoms with E-state index in [9.17, 15) is 18.0 Å². The Morgan fingerprint density at radius 2 is 1.97 bits per heavy atom. The zero-order chi connectivity index (χ0) is 21.7. The van der Waals surface area contributed by atoms with E-state index in [4.69, 9.17) is 9.90 Å². The lowest BCUT2D eigenvalue weighted by atomic mass is 9.99. The Labute approximate surface area is 176 Å². The molecule has 0 atom stereocenters. The second kappa shape index (κ2) is 9.53. The van der Waals surface area contributed by atoms with Crippen LogP contribution in [0.5, 0.6) is 0 Å². The Bertz CT molecular complexity index is 979. The van der Waals surface area contributed by atoms with Crippen molar-refractivity contribution in [2.24, 2.45) is 0 Å². The Morgan fingerprint density at radius 3 is 2.60 bits per heavy atom. The number of aliphatic carboxylic acids is 1. The molecule has 4 rings (SSSR count). The number of amides is 1. The number of hydrogen-bond acceptors (Lipinski definition) is 7. The summed E-state index contributed by atoms with van der Waals surface area (Å²) in [5.74, 6) is -2.40. The standard InChI is InChI=1S/C15H17N5OS2.C2HF3O2/c21-13(17-7-11-8-20-5-6-22-15(20)18-11)12-9-23-14(19-12)10-1-3-16-4-2-10;3-2(4,5)1(6)7/h5-6,8-10,16H,1-4,7H2,(H,17,21);(H,6,7). The second-order valence-corrected chi connectivity index (χ2v) is 8.17. The number of nitrogens with one attached hydrogen (secondary N) is 2. The first-order valence-corrected chi connectivity index (χ1v) is 10.7. The number of carboxylic acids is 1. The molecule has 3 N–H and O–H groups in total. The van der Waals surface area contributed by atoms with Crippen molar-refractivity contribution in [2.45, 2.75) is 31.5 Å². The fourth-order valence-electron chi connectivity index (χ4n) is 2.77. The molecule has 0 bridgehead atoms. The van der Waals surface area contributed by atoms with Crippen LogP contribution in [0.25, 0.3) is 4.96 Å². The molecule has 3 aromatic rings. The Balaban J connectivity index is 0.000000318. The van der Waals surface area contributed by atoms with Crippen LogP contribution in [0.2, 0.25) is 0 Å². The van der Waals surface area contributed by atoms with Gasteiger partial charge in [-0.1, -0.05) is 0 Å². The maximum atomic E-state index is 12.3. The fourth-order valence-corrected chi connectivity index (χ4v) is 4.46. The van der Waals surface area contributed by atoms with Crippen molar-refractivity contribution in [1.82, 2.24) is 25.0 Å². The summed E-state index contributed by atoms with van der Waals surface area (Å²) in [6.07, 6.45) is 1.01. The van der Waals surface area contributed by atoms with E-state index in [1.165, 1.54) is 0 Å². The van der Waals surface area contributed by atoms with Crippen LogP contribution in [-0.2, 0) is 11.3 Å². The molecular formula is C17H18F3N5O3S2. The Kier molecular flexibility index (Phi) is 7.05. The van der Waals surface area contributed by atoms with Gasteiger partial charge in [-0.15, -0.1) is 22.7 Å². The first kappa shape index (κ1) is 22.2. The average molecular weight is 461 g/mol. The number of thiazole rings is 2. The predicted octanol–water partition coefficient (Wildman–Crippen LogP) is 2.88. The monoisotopic (exact) mass is 461 g/mol. The van der Waals surface area contributed by atoms with E-state index < -0.39 is 12.1 Å². The molecule has 0 aliphatic carbocycles. The number of carboxylic acid groups (broad SMARTS) is 1. The normalized spacial score (nSPS) is 14.9. The van der Waals surface area contributed by atoms with E-state index in [2.05, 4.69) is 20.6 Å². The minimum Gasteiger partial charge on any atom is -0.475 e. The number of carbonyl (C=O) groups is 2. The molecule has 3 aromatic heterocycles. The van der Waals surface area contributed by atoms with Gasteiger partial charge in [-0.3, -0.25) is 9.20 Å². The molecule has 4 heterocycles. The van der Waals surface area contributed by atoms with Gasteiger partial charge in [0.25, 0.3) is 5.91 Å². The van der Waals surface area contributed by atoms with Crippen molar-refractivity contribution in [2.75, 3.05) is 13.1 Å². The maximum Gasteiger partial charge on any atom is 0.490 e. The van der Waals surface area contributed by atoms with Crippen LogP contribution < -0.4 is 10.6 Å². The number of rotatable bonds is 4. The highest BCUT2D eigenvalue weighted by Gasteiger charge is 2.38. The van der Waals surface area contributed by atoms with Crippen molar-refractivity contribution in [3.05, 3.63) is 39.5 Å². The van der Waals surface area contributed by atoms with Gasteiger partial charge in [0.05, 0.1) is 17.2 Å². The van der Waals surface area contributed by atoms with Gasteiger partial charge in [0.2, 0.25) is 0 Å². The summed E-state index contributed by atoms with van der Waals surface area (Å²) in [5, 5.41) is 18.3. The number of piperidine rings is 1. The fraction of sp³-hybridized carbons (Fsp3) is 0.412. The van der Waals surface area contributed by atoms with Gasteiger partial charge in [-0.25, -0.2) is 14.8 Å². The summed E-state index contributed by atoms with van der Waals surface area (Å²) in [7, 11) is 0. The van der Waals surface area contributed by atoms with Crippen LogP contribution in [0.1, 0.15) is 39.9 Å². The van der Waals surface area contributed by atoms with Crippen LogP contribution in [0.4, 0.5) is 13.2 Å². The summed E-state index contributed by atoms with van der Waals surface area (Å²) >= 11 is 3.17. The van der Waals surface area contributed by atoms with Gasteiger partial charge in [0, 0.05) is 29.1 Å². The SMILES string of the molecule is O=C(NCc1cn2ccsc2n1)c1csc(C2CCNCC2)n1.O=C(O)C(F)(F)F. The number of carbonyl (C=O) groups excluding carboxylic acids is 1. The number of aromatic nitrogens is 3. The van der Waals surface area contributed by atoms with Crippen LogP contribution >= 0.6 is 22.7 Å². The quantitative estimate of drug-likeness (QED) is 0.551. The van der Waals surface area contributed by atoms with E-state index in [1.807, 2.05) is 27.6 Å². The van der Waals surface area contributed by atoms with Crippen LogP contribution in [-0.4, -0.2) is 50.6 Å². The van der Waals surface area contributed by atoms with Gasteiger partial charge >= 0.3 is 12.1 Å². The Morgan fingerprint density at radius 1 is 1.27 bits per heavy atom. The van der Waals surface area contributed by atoms with E-state index in [-0.39, 0.29) is 5.91 Å². The van der Waals surface area contributed by atoms with E-state index >= 15 is 0 Å². The highest BCUT2D eigenvalue weighted by atomic mass is 32.1. The molecule has 0 spiro atoms. The molecule has 0 saturated carbocycles. The summed E-state index contributed by atoms with van der Waals surface area (Å²) in [6, 6.07) is 0. The van der Waals surface area contributed by atoms with Crippen LogP contribution in [0.3, 0.4) is 0 Å². The highest BCUT2D eigenvalue weighted by Crippen LogP contribution is 2.27. The topological polar surface area (TPSA) is 109 Å². The third-order valence-corrected chi connectivity index (χ3v) is 6.04. The third-order valence-electron chi connectivity index (χ3n) is 4.26. The minimum absolute atomic E-state index is 0.127. The summed E-state index contributed by atoms with van der Waals surface area (Å²) < 4.78 is 33.7. The van der Waals surface area contributed by atoms with Crippen molar-refractivity contribution in [3.8, 4) is 0 Å². The van der Waals surface area contributed by atoms with Gasteiger partial charge in [0.1, 0.15) is 5.69 Å². The second-order valence-electron chi connectivity index (χ2n) is 6.41. The molecular weight excluding hydrogens is 443 g/mol. The van der Waals surface area contributed by atoms with Crippen LogP contribution in [0, 0.1) is 0 Å². The molecule has 1 aliphatic rings. The van der Waals surface area contributed by atoms with Gasteiger partial charge < -0.3 is 15.7 Å². The predicted molar refractivity (Wildman–Crippen MR) is 105 cm³/mol. The lowest BCUT2D eigenvalue weighted by Gasteiger charge is -2.20. The molecule has 8 nitrogen and oxygen atoms in total. The number of alkyl halides is 3. The molecule has 162 valence electrons. The van der Waals surface area contributed by atoms with Crippen molar-refractivity contribution in [3.63, 3.8) is 0 Å². The summed E-state index contributed by atoms with van der Waals surface area (Å²) in [6.45, 7) is 2.49. The van der Waals surface area contributed by atoms with Gasteiger partial charge in [-0.2, -0.15) is 13.2 Å². The molecule has 1 aliphatic heterocycles. The molecule has 0 unspecified atom stereocenters. The molecule has 13 heteroatoms. The summed E-state index contributed by atoms with van der Waals surface area (Å²) in [5.41, 5.74) is 1.38. The summed E-state index contributed by atoms with van der Waals surface area (Å²) in [4.78, 5) is 31.1. The van der Waals surface area contributed by atoms with Crippen molar-refractivity contribution in [1.29, 1.82) is 0 Å². The average Bonchev–Trinajstić information content (AvgIpc) is 3.42. The van der Waals surface area contributed by atoms with Gasteiger partial charge in [-0.05, 0) is 25.9 Å². The zero-order valence-corrected chi connectivity index (χ0v) is 17.1. The maximum absolute atomic E-state index is 12.3. The van der Waals surface area contributed by atoms with E-state index in [0.717, 1.165) is 41.6 Å². The molecule has 0 aromatic carbocycles. The van der Waals surface area contributed by atoms with Gasteiger partial charge in [0.15, 0.2) is 4.96 Å². The number of imidazole rings is 1. The third kappa shape index (κ3) is 5.77. The van der Waals surface area contributed by atoms with E-state index in [0.29, 0.717) is 18.2 Å². The van der Waals surface area contributed by atoms with Crippen LogP contribution in [0.15, 0.2) is 23.2 Å². The number of fused-ring (bicyclic) bond motifs is 1. The largest absolute Gasteiger partial charge is 0.490 e. The van der Waals surface area contributed by atoms with E-state index in [1.54, 1.807) is 22.7 Å². The highest BCUT2D eigenvalue weighted by molar-refractivity contribution is 7.15.